The lowest BCUT2D eigenvalue weighted by atomic mass is 9.96. The summed E-state index contributed by atoms with van der Waals surface area (Å²) in [5, 5.41) is 14.7. The van der Waals surface area contributed by atoms with Crippen LogP contribution in [0.2, 0.25) is 0 Å². The van der Waals surface area contributed by atoms with E-state index in [1.165, 1.54) is 0 Å². The number of rotatable bonds is 4. The number of aryl methyl sites for hydroxylation is 1. The van der Waals surface area contributed by atoms with Crippen LogP contribution in [0.4, 0.5) is 17.6 Å². The average Bonchev–Trinajstić information content (AvgIpc) is 3.00. The summed E-state index contributed by atoms with van der Waals surface area (Å²) < 4.78 is 52.6. The number of halogens is 4. The van der Waals surface area contributed by atoms with E-state index in [2.05, 4.69) is 5.10 Å². The second-order valence-electron chi connectivity index (χ2n) is 6.24. The minimum absolute atomic E-state index is 0.0417. The first-order valence-electron chi connectivity index (χ1n) is 8.20. The lowest BCUT2D eigenvalue weighted by Gasteiger charge is -2.31. The molecule has 0 saturated carbocycles. The van der Waals surface area contributed by atoms with Crippen LogP contribution in [0.15, 0.2) is 59.7 Å². The number of carbonyl (C=O) groups is 1. The molecule has 2 aromatic rings. The Bertz CT molecular complexity index is 850. The van der Waals surface area contributed by atoms with Crippen LogP contribution >= 0.6 is 0 Å². The normalized spacial score (nSPS) is 19.9. The summed E-state index contributed by atoms with van der Waals surface area (Å²) in [4.78, 5) is 12.6. The molecule has 1 aliphatic heterocycles. The van der Waals surface area contributed by atoms with E-state index in [9.17, 15) is 27.5 Å². The van der Waals surface area contributed by atoms with Gasteiger partial charge in [0, 0.05) is 12.0 Å². The maximum atomic E-state index is 13.2. The Morgan fingerprint density at radius 1 is 1.11 bits per heavy atom. The largest absolute Gasteiger partial charge is 0.431 e. The van der Waals surface area contributed by atoms with Crippen LogP contribution in [0, 0.1) is 5.82 Å². The van der Waals surface area contributed by atoms with Gasteiger partial charge < -0.3 is 5.11 Å². The van der Waals surface area contributed by atoms with Crippen molar-refractivity contribution in [3.05, 3.63) is 71.5 Å². The molecule has 0 aliphatic carbocycles. The van der Waals surface area contributed by atoms with E-state index in [1.807, 2.05) is 0 Å². The van der Waals surface area contributed by atoms with Gasteiger partial charge in [-0.15, -0.1) is 0 Å². The highest BCUT2D eigenvalue weighted by molar-refractivity contribution is 5.94. The summed E-state index contributed by atoms with van der Waals surface area (Å²) >= 11 is 0. The van der Waals surface area contributed by atoms with E-state index in [0.29, 0.717) is 5.01 Å². The minimum atomic E-state index is -4.79. The third kappa shape index (κ3) is 4.00. The molecule has 1 N–H and O–H groups in total. The van der Waals surface area contributed by atoms with E-state index in [-0.39, 0.29) is 18.4 Å². The van der Waals surface area contributed by atoms with Crippen LogP contribution in [0.1, 0.15) is 24.0 Å². The van der Waals surface area contributed by atoms with Crippen molar-refractivity contribution in [2.24, 2.45) is 5.10 Å². The van der Waals surface area contributed by atoms with Gasteiger partial charge in [-0.2, -0.15) is 23.3 Å². The quantitative estimate of drug-likeness (QED) is 0.822. The SMILES string of the molecule is O=C(CCc1ccccc1)N1N=C(C(F)(F)F)CC1(O)c1ccc(F)cc1. The van der Waals surface area contributed by atoms with E-state index >= 15 is 0 Å². The zero-order chi connectivity index (χ0) is 19.7. The number of benzene rings is 2. The maximum absolute atomic E-state index is 13.2. The maximum Gasteiger partial charge on any atom is 0.431 e. The number of nitrogens with zero attached hydrogens (tertiary/aromatic N) is 2. The van der Waals surface area contributed by atoms with Gasteiger partial charge in [-0.3, -0.25) is 4.79 Å². The van der Waals surface area contributed by atoms with Gasteiger partial charge in [-0.25, -0.2) is 4.39 Å². The zero-order valence-electron chi connectivity index (χ0n) is 14.1. The molecule has 0 radical (unpaired) electrons. The van der Waals surface area contributed by atoms with Crippen LogP contribution in [0.25, 0.3) is 0 Å². The molecular weight excluding hydrogens is 364 g/mol. The lowest BCUT2D eigenvalue weighted by molar-refractivity contribution is -0.157. The third-order valence-electron chi connectivity index (χ3n) is 4.33. The molecule has 0 spiro atoms. The molecule has 142 valence electrons. The standard InChI is InChI=1S/C19H16F4N2O2/c20-15-9-7-14(8-10-15)18(27)12-16(19(21,22)23)24-25(18)17(26)11-6-13-4-2-1-3-5-13/h1-5,7-10,27H,6,11-12H2. The van der Waals surface area contributed by atoms with Crippen molar-refractivity contribution in [3.63, 3.8) is 0 Å². The van der Waals surface area contributed by atoms with Crippen molar-refractivity contribution in [2.45, 2.75) is 31.2 Å². The summed E-state index contributed by atoms with van der Waals surface area (Å²) in [6, 6.07) is 13.2. The predicted molar refractivity (Wildman–Crippen MR) is 90.0 cm³/mol. The Kier molecular flexibility index (Phi) is 5.01. The number of amides is 1. The molecule has 3 rings (SSSR count). The molecule has 1 aliphatic rings. The Labute approximate surface area is 152 Å². The molecule has 0 bridgehead atoms. The molecule has 1 amide bonds. The van der Waals surface area contributed by atoms with Gasteiger partial charge in [0.2, 0.25) is 5.91 Å². The van der Waals surface area contributed by atoms with Gasteiger partial charge in [0.05, 0.1) is 6.42 Å². The fourth-order valence-electron chi connectivity index (χ4n) is 2.91. The van der Waals surface area contributed by atoms with Crippen molar-refractivity contribution in [1.82, 2.24) is 5.01 Å². The predicted octanol–water partition coefficient (Wildman–Crippen LogP) is 3.75. The van der Waals surface area contributed by atoms with Crippen molar-refractivity contribution >= 4 is 11.6 Å². The summed E-state index contributed by atoms with van der Waals surface area (Å²) in [7, 11) is 0. The highest BCUT2D eigenvalue weighted by Crippen LogP contribution is 2.40. The minimum Gasteiger partial charge on any atom is -0.365 e. The molecule has 27 heavy (non-hydrogen) atoms. The topological polar surface area (TPSA) is 52.9 Å². The number of hydrogen-bond donors (Lipinski definition) is 1. The van der Waals surface area contributed by atoms with Gasteiger partial charge >= 0.3 is 6.18 Å². The van der Waals surface area contributed by atoms with Crippen LogP contribution < -0.4 is 0 Å². The molecular formula is C19H16F4N2O2. The molecule has 1 unspecified atom stereocenters. The zero-order valence-corrected chi connectivity index (χ0v) is 14.1. The van der Waals surface area contributed by atoms with Gasteiger partial charge in [0.25, 0.3) is 0 Å². The number of alkyl halides is 3. The molecule has 0 aromatic heterocycles. The third-order valence-corrected chi connectivity index (χ3v) is 4.33. The van der Waals surface area contributed by atoms with Crippen LogP contribution in [0.5, 0.6) is 0 Å². The molecule has 8 heteroatoms. The average molecular weight is 380 g/mol. The highest BCUT2D eigenvalue weighted by atomic mass is 19.4. The lowest BCUT2D eigenvalue weighted by Crippen LogP contribution is -2.43. The van der Waals surface area contributed by atoms with Crippen LogP contribution in [-0.4, -0.2) is 27.9 Å². The molecule has 1 atom stereocenters. The Morgan fingerprint density at radius 2 is 1.74 bits per heavy atom. The highest BCUT2D eigenvalue weighted by Gasteiger charge is 2.52. The van der Waals surface area contributed by atoms with Crippen LogP contribution in [-0.2, 0) is 16.9 Å². The Morgan fingerprint density at radius 3 is 2.33 bits per heavy atom. The molecule has 1 heterocycles. The van der Waals surface area contributed by atoms with E-state index in [4.69, 9.17) is 0 Å². The molecule has 0 fully saturated rings. The van der Waals surface area contributed by atoms with E-state index in [0.717, 1.165) is 29.8 Å². The first-order chi connectivity index (χ1) is 12.7. The van der Waals surface area contributed by atoms with Gasteiger partial charge in [-0.1, -0.05) is 42.5 Å². The smallest absolute Gasteiger partial charge is 0.365 e. The molecule has 2 aromatic carbocycles. The first kappa shape index (κ1) is 19.0. The van der Waals surface area contributed by atoms with Crippen molar-refractivity contribution < 1.29 is 27.5 Å². The summed E-state index contributed by atoms with van der Waals surface area (Å²) in [5.74, 6) is -1.37. The fraction of sp³-hybridized carbons (Fsp3) is 0.263. The van der Waals surface area contributed by atoms with Crippen LogP contribution in [0.3, 0.4) is 0 Å². The summed E-state index contributed by atoms with van der Waals surface area (Å²) in [6.45, 7) is 0. The summed E-state index contributed by atoms with van der Waals surface area (Å²) in [5.41, 5.74) is -2.79. The van der Waals surface area contributed by atoms with Gasteiger partial charge in [0.15, 0.2) is 5.72 Å². The number of hydrazone groups is 1. The fourth-order valence-corrected chi connectivity index (χ4v) is 2.91. The second kappa shape index (κ2) is 7.11. The first-order valence-corrected chi connectivity index (χ1v) is 8.20. The summed E-state index contributed by atoms with van der Waals surface area (Å²) in [6.07, 6.45) is -5.56. The Balaban J connectivity index is 1.88. The van der Waals surface area contributed by atoms with Gasteiger partial charge in [-0.05, 0) is 24.1 Å². The van der Waals surface area contributed by atoms with Crippen molar-refractivity contribution in [1.29, 1.82) is 0 Å². The Hall–Kier alpha value is -2.74. The van der Waals surface area contributed by atoms with E-state index in [1.54, 1.807) is 30.3 Å². The number of hydrogen-bond acceptors (Lipinski definition) is 3. The molecule has 4 nitrogen and oxygen atoms in total. The van der Waals surface area contributed by atoms with Crippen molar-refractivity contribution in [3.8, 4) is 0 Å². The second-order valence-corrected chi connectivity index (χ2v) is 6.24. The monoisotopic (exact) mass is 380 g/mol. The number of carbonyl (C=O) groups excluding carboxylic acids is 1. The molecule has 0 saturated heterocycles. The van der Waals surface area contributed by atoms with Crippen molar-refractivity contribution in [2.75, 3.05) is 0 Å². The van der Waals surface area contributed by atoms with Gasteiger partial charge in [0.1, 0.15) is 11.5 Å². The number of aliphatic hydroxyl groups is 1. The van der Waals surface area contributed by atoms with E-state index < -0.39 is 35.8 Å².